The number of hydrogen-bond donors (Lipinski definition) is 2. The third-order valence-electron chi connectivity index (χ3n) is 3.42. The summed E-state index contributed by atoms with van der Waals surface area (Å²) in [5.41, 5.74) is 5.98. The van der Waals surface area contributed by atoms with Gasteiger partial charge in [0.25, 0.3) is 5.91 Å². The minimum atomic E-state index is -0.0691. The number of amides is 1. The maximum absolute atomic E-state index is 11.9. The largest absolute Gasteiger partial charge is 0.348 e. The first kappa shape index (κ1) is 12.5. The van der Waals surface area contributed by atoms with Gasteiger partial charge < -0.3 is 11.1 Å². The Morgan fingerprint density at radius 3 is 2.94 bits per heavy atom. The van der Waals surface area contributed by atoms with E-state index < -0.39 is 0 Å². The Balaban J connectivity index is 1.91. The van der Waals surface area contributed by atoms with Gasteiger partial charge in [-0.25, -0.2) is 4.98 Å². The molecule has 0 saturated heterocycles. The molecule has 5 heteroatoms. The zero-order chi connectivity index (χ0) is 12.3. The Morgan fingerprint density at radius 1 is 1.65 bits per heavy atom. The highest BCUT2D eigenvalue weighted by atomic mass is 32.1. The molecule has 0 unspecified atom stereocenters. The molecule has 94 valence electrons. The quantitative estimate of drug-likeness (QED) is 0.861. The molecule has 2 rings (SSSR count). The van der Waals surface area contributed by atoms with Gasteiger partial charge in [0.2, 0.25) is 0 Å². The van der Waals surface area contributed by atoms with E-state index in [1.807, 2.05) is 0 Å². The van der Waals surface area contributed by atoms with Crippen molar-refractivity contribution in [2.45, 2.75) is 45.2 Å². The average Bonchev–Trinajstić information content (AvgIpc) is 3.00. The first-order chi connectivity index (χ1) is 8.20. The molecule has 3 N–H and O–H groups in total. The topological polar surface area (TPSA) is 68.0 Å². The van der Waals surface area contributed by atoms with Gasteiger partial charge >= 0.3 is 0 Å². The maximum Gasteiger partial charge on any atom is 0.270 e. The van der Waals surface area contributed by atoms with E-state index in [1.54, 1.807) is 5.38 Å². The standard InChI is InChI=1S/C12H19N3OS/c1-8(9-4-2-3-5-9)14-12(16)10-7-17-11(6-13)15-10/h7-9H,2-6,13H2,1H3,(H,14,16)/t8-/m0/s1. The third kappa shape index (κ3) is 3.04. The molecule has 1 saturated carbocycles. The minimum Gasteiger partial charge on any atom is -0.348 e. The minimum absolute atomic E-state index is 0.0691. The molecule has 0 radical (unpaired) electrons. The molecule has 4 nitrogen and oxygen atoms in total. The number of carbonyl (C=O) groups is 1. The van der Waals surface area contributed by atoms with Crippen LogP contribution in [0.2, 0.25) is 0 Å². The van der Waals surface area contributed by atoms with Crippen molar-refractivity contribution in [1.82, 2.24) is 10.3 Å². The van der Waals surface area contributed by atoms with Gasteiger partial charge in [0.1, 0.15) is 10.7 Å². The summed E-state index contributed by atoms with van der Waals surface area (Å²) in [5, 5.41) is 5.63. The number of thiazole rings is 1. The van der Waals surface area contributed by atoms with Gasteiger partial charge in [0, 0.05) is 18.0 Å². The van der Waals surface area contributed by atoms with Crippen LogP contribution in [0.15, 0.2) is 5.38 Å². The highest BCUT2D eigenvalue weighted by Crippen LogP contribution is 2.27. The molecule has 1 heterocycles. The van der Waals surface area contributed by atoms with E-state index in [2.05, 4.69) is 17.2 Å². The van der Waals surface area contributed by atoms with Gasteiger partial charge in [-0.15, -0.1) is 11.3 Å². The van der Waals surface area contributed by atoms with Crippen LogP contribution in [0, 0.1) is 5.92 Å². The van der Waals surface area contributed by atoms with Crippen molar-refractivity contribution in [3.05, 3.63) is 16.1 Å². The van der Waals surface area contributed by atoms with Crippen LogP contribution >= 0.6 is 11.3 Å². The lowest BCUT2D eigenvalue weighted by molar-refractivity contribution is 0.0922. The van der Waals surface area contributed by atoms with Crippen LogP contribution in [0.5, 0.6) is 0 Å². The van der Waals surface area contributed by atoms with Crippen molar-refractivity contribution in [3.8, 4) is 0 Å². The first-order valence-electron chi connectivity index (χ1n) is 6.16. The van der Waals surface area contributed by atoms with Crippen LogP contribution in [-0.4, -0.2) is 16.9 Å². The molecular formula is C12H19N3OS. The lowest BCUT2D eigenvalue weighted by Gasteiger charge is -2.19. The second-order valence-electron chi connectivity index (χ2n) is 4.64. The fourth-order valence-corrected chi connectivity index (χ4v) is 3.02. The number of rotatable bonds is 4. The molecule has 1 aliphatic rings. The summed E-state index contributed by atoms with van der Waals surface area (Å²) in [6.45, 7) is 2.49. The molecule has 0 bridgehead atoms. The maximum atomic E-state index is 11.9. The van der Waals surface area contributed by atoms with Crippen molar-refractivity contribution >= 4 is 17.2 Å². The third-order valence-corrected chi connectivity index (χ3v) is 4.30. The van der Waals surface area contributed by atoms with Gasteiger partial charge in [-0.3, -0.25) is 4.79 Å². The van der Waals surface area contributed by atoms with E-state index in [0.29, 0.717) is 18.2 Å². The molecule has 1 fully saturated rings. The fraction of sp³-hybridized carbons (Fsp3) is 0.667. The van der Waals surface area contributed by atoms with E-state index in [1.165, 1.54) is 37.0 Å². The van der Waals surface area contributed by atoms with Crippen LogP contribution < -0.4 is 11.1 Å². The van der Waals surface area contributed by atoms with E-state index in [4.69, 9.17) is 5.73 Å². The number of carbonyl (C=O) groups excluding carboxylic acids is 1. The van der Waals surface area contributed by atoms with E-state index in [9.17, 15) is 4.79 Å². The van der Waals surface area contributed by atoms with Gasteiger partial charge in [-0.1, -0.05) is 12.8 Å². The van der Waals surface area contributed by atoms with Gasteiger partial charge in [-0.05, 0) is 25.7 Å². The van der Waals surface area contributed by atoms with Crippen LogP contribution in [0.1, 0.15) is 48.1 Å². The van der Waals surface area contributed by atoms with Crippen LogP contribution in [0.25, 0.3) is 0 Å². The molecule has 1 aliphatic carbocycles. The van der Waals surface area contributed by atoms with Crippen molar-refractivity contribution < 1.29 is 4.79 Å². The number of nitrogens with one attached hydrogen (secondary N) is 1. The van der Waals surface area contributed by atoms with Crippen LogP contribution in [-0.2, 0) is 6.54 Å². The summed E-state index contributed by atoms with van der Waals surface area (Å²) in [6.07, 6.45) is 5.04. The Hall–Kier alpha value is -0.940. The Morgan fingerprint density at radius 2 is 2.35 bits per heavy atom. The predicted octanol–water partition coefficient (Wildman–Crippen LogP) is 1.91. The van der Waals surface area contributed by atoms with E-state index in [-0.39, 0.29) is 11.9 Å². The average molecular weight is 253 g/mol. The predicted molar refractivity (Wildman–Crippen MR) is 68.9 cm³/mol. The molecule has 0 aromatic carbocycles. The normalized spacial score (nSPS) is 18.2. The van der Waals surface area contributed by atoms with Crippen LogP contribution in [0.4, 0.5) is 0 Å². The lowest BCUT2D eigenvalue weighted by atomic mass is 10.00. The lowest BCUT2D eigenvalue weighted by Crippen LogP contribution is -2.37. The summed E-state index contributed by atoms with van der Waals surface area (Å²) in [6, 6.07) is 0.244. The summed E-state index contributed by atoms with van der Waals surface area (Å²) in [7, 11) is 0. The Labute approximate surface area is 106 Å². The fourth-order valence-electron chi connectivity index (χ4n) is 2.36. The molecule has 1 amide bonds. The van der Waals surface area contributed by atoms with Gasteiger partial charge in [-0.2, -0.15) is 0 Å². The van der Waals surface area contributed by atoms with Crippen molar-refractivity contribution in [2.24, 2.45) is 11.7 Å². The molecular weight excluding hydrogens is 234 g/mol. The van der Waals surface area contributed by atoms with Crippen LogP contribution in [0.3, 0.4) is 0 Å². The zero-order valence-corrected chi connectivity index (χ0v) is 10.9. The van der Waals surface area contributed by atoms with Crippen molar-refractivity contribution in [1.29, 1.82) is 0 Å². The number of nitrogens with two attached hydrogens (primary N) is 1. The Bertz CT molecular complexity index is 385. The molecule has 17 heavy (non-hydrogen) atoms. The van der Waals surface area contributed by atoms with Crippen molar-refractivity contribution in [2.75, 3.05) is 0 Å². The smallest absolute Gasteiger partial charge is 0.270 e. The van der Waals surface area contributed by atoms with Crippen molar-refractivity contribution in [3.63, 3.8) is 0 Å². The number of aromatic nitrogens is 1. The summed E-state index contributed by atoms with van der Waals surface area (Å²) in [4.78, 5) is 16.1. The number of hydrogen-bond acceptors (Lipinski definition) is 4. The van der Waals surface area contributed by atoms with E-state index >= 15 is 0 Å². The SMILES string of the molecule is C[C@H](NC(=O)c1csc(CN)n1)C1CCCC1. The van der Waals surface area contributed by atoms with Gasteiger partial charge in [0.05, 0.1) is 0 Å². The van der Waals surface area contributed by atoms with E-state index in [0.717, 1.165) is 5.01 Å². The molecule has 1 aromatic rings. The molecule has 1 aromatic heterocycles. The second-order valence-corrected chi connectivity index (χ2v) is 5.58. The highest BCUT2D eigenvalue weighted by Gasteiger charge is 2.23. The Kier molecular flexibility index (Phi) is 4.12. The molecule has 0 spiro atoms. The zero-order valence-electron chi connectivity index (χ0n) is 10.1. The van der Waals surface area contributed by atoms with Gasteiger partial charge in [0.15, 0.2) is 0 Å². The molecule has 1 atom stereocenters. The number of nitrogens with zero attached hydrogens (tertiary/aromatic N) is 1. The highest BCUT2D eigenvalue weighted by molar-refractivity contribution is 7.09. The summed E-state index contributed by atoms with van der Waals surface area (Å²) in [5.74, 6) is 0.562. The summed E-state index contributed by atoms with van der Waals surface area (Å²) < 4.78 is 0. The first-order valence-corrected chi connectivity index (χ1v) is 7.04. The molecule has 0 aliphatic heterocycles. The summed E-state index contributed by atoms with van der Waals surface area (Å²) >= 11 is 1.44. The monoisotopic (exact) mass is 253 g/mol. The second kappa shape index (κ2) is 5.60.